The summed E-state index contributed by atoms with van der Waals surface area (Å²) < 4.78 is 0. The molecule has 43 heavy (non-hydrogen) atoms. The highest BCUT2D eigenvalue weighted by Gasteiger charge is 2.13. The van der Waals surface area contributed by atoms with Crippen LogP contribution in [-0.2, 0) is 25.7 Å². The molecule has 0 atom stereocenters. The Balaban J connectivity index is 1.94. The minimum atomic E-state index is 0.802. The Hall–Kier alpha value is -2.55. The number of aromatic nitrogens is 3. The summed E-state index contributed by atoms with van der Waals surface area (Å²) in [7, 11) is 0. The molecule has 0 radical (unpaired) electrons. The summed E-state index contributed by atoms with van der Waals surface area (Å²) in [6, 6.07) is 14.3. The quantitative estimate of drug-likeness (QED) is 0.110. The first-order chi connectivity index (χ1) is 21.1. The molecule has 236 valence electrons. The van der Waals surface area contributed by atoms with E-state index in [0.717, 1.165) is 54.3 Å². The molecule has 3 heteroatoms. The molecule has 1 heterocycles. The molecule has 3 aromatic rings. The first-order valence-electron chi connectivity index (χ1n) is 18.0. The topological polar surface area (TPSA) is 38.7 Å². The molecular formula is C40H61N3. The van der Waals surface area contributed by atoms with Gasteiger partial charge in [0.1, 0.15) is 5.82 Å². The highest BCUT2D eigenvalue weighted by Crippen LogP contribution is 2.27. The van der Waals surface area contributed by atoms with Gasteiger partial charge in [0.25, 0.3) is 0 Å². The van der Waals surface area contributed by atoms with E-state index in [0.29, 0.717) is 0 Å². The van der Waals surface area contributed by atoms with Gasteiger partial charge < -0.3 is 0 Å². The largest absolute Gasteiger partial charge is 0.213 e. The van der Waals surface area contributed by atoms with E-state index in [2.05, 4.69) is 64.1 Å². The molecule has 3 rings (SSSR count). The van der Waals surface area contributed by atoms with Crippen molar-refractivity contribution in [1.29, 1.82) is 0 Å². The second-order valence-electron chi connectivity index (χ2n) is 12.8. The van der Waals surface area contributed by atoms with Crippen molar-refractivity contribution >= 4 is 0 Å². The minimum Gasteiger partial charge on any atom is -0.213 e. The fourth-order valence-electron chi connectivity index (χ4n) is 6.12. The highest BCUT2D eigenvalue weighted by molar-refractivity contribution is 5.63. The molecule has 0 aliphatic rings. The molecule has 0 spiro atoms. The second-order valence-corrected chi connectivity index (χ2v) is 12.8. The smallest absolute Gasteiger partial charge is 0.163 e. The van der Waals surface area contributed by atoms with Gasteiger partial charge in [-0.15, -0.1) is 0 Å². The van der Waals surface area contributed by atoms with Crippen molar-refractivity contribution in [3.05, 3.63) is 64.5 Å². The zero-order valence-corrected chi connectivity index (χ0v) is 28.4. The molecule has 0 amide bonds. The molecule has 0 saturated heterocycles. The van der Waals surface area contributed by atoms with Crippen LogP contribution < -0.4 is 0 Å². The fourth-order valence-corrected chi connectivity index (χ4v) is 6.12. The lowest BCUT2D eigenvalue weighted by Gasteiger charge is -2.13. The third-order valence-corrected chi connectivity index (χ3v) is 8.64. The van der Waals surface area contributed by atoms with Gasteiger partial charge in [-0.25, -0.2) is 15.0 Å². The normalized spacial score (nSPS) is 11.4. The molecular weight excluding hydrogens is 522 g/mol. The van der Waals surface area contributed by atoms with E-state index in [1.807, 2.05) is 6.92 Å². The first kappa shape index (κ1) is 34.9. The molecule has 2 aromatic carbocycles. The van der Waals surface area contributed by atoms with Crippen LogP contribution in [0.5, 0.6) is 0 Å². The van der Waals surface area contributed by atoms with Crippen molar-refractivity contribution in [2.75, 3.05) is 0 Å². The summed E-state index contributed by atoms with van der Waals surface area (Å²) >= 11 is 0. The lowest BCUT2D eigenvalue weighted by atomic mass is 9.96. The van der Waals surface area contributed by atoms with Crippen LogP contribution in [0.4, 0.5) is 0 Å². The van der Waals surface area contributed by atoms with Gasteiger partial charge >= 0.3 is 0 Å². The standard InChI is InChI=1S/C40H61N3/c1-6-10-14-18-22-33-26-34(23-19-15-11-7-2)29-37(28-33)39-41-32(5)42-40(43-39)38-30-35(24-20-16-12-8-3)27-36(31-38)25-21-17-13-9-4/h26-31H,6-25H2,1-5H3. The average molecular weight is 584 g/mol. The summed E-state index contributed by atoms with van der Waals surface area (Å²) in [5, 5.41) is 0. The SMILES string of the molecule is CCCCCCc1cc(CCCCCC)cc(-c2nc(C)nc(-c3cc(CCCCCC)cc(CCCCCC)c3)n2)c1. The van der Waals surface area contributed by atoms with E-state index in [1.54, 1.807) is 0 Å². The van der Waals surface area contributed by atoms with E-state index in [-0.39, 0.29) is 0 Å². The van der Waals surface area contributed by atoms with Crippen molar-refractivity contribution in [3.8, 4) is 22.8 Å². The fraction of sp³-hybridized carbons (Fsp3) is 0.625. The van der Waals surface area contributed by atoms with Crippen LogP contribution in [0.25, 0.3) is 22.8 Å². The maximum atomic E-state index is 5.16. The van der Waals surface area contributed by atoms with Gasteiger partial charge in [0.2, 0.25) is 0 Å². The number of benzene rings is 2. The first-order valence-corrected chi connectivity index (χ1v) is 18.0. The van der Waals surface area contributed by atoms with Gasteiger partial charge in [-0.1, -0.05) is 117 Å². The summed E-state index contributed by atoms with van der Waals surface area (Å²) in [6.45, 7) is 11.2. The summed E-state index contributed by atoms with van der Waals surface area (Å²) in [6.07, 6.45) is 25.1. The van der Waals surface area contributed by atoms with Gasteiger partial charge in [-0.2, -0.15) is 0 Å². The zero-order valence-electron chi connectivity index (χ0n) is 28.4. The van der Waals surface area contributed by atoms with E-state index in [9.17, 15) is 0 Å². The average Bonchev–Trinajstić information content (AvgIpc) is 3.01. The van der Waals surface area contributed by atoms with E-state index < -0.39 is 0 Å². The lowest BCUT2D eigenvalue weighted by Crippen LogP contribution is -2.02. The molecule has 0 N–H and O–H groups in total. The second kappa shape index (κ2) is 20.4. The number of unbranched alkanes of at least 4 members (excludes halogenated alkanes) is 12. The van der Waals surface area contributed by atoms with E-state index >= 15 is 0 Å². The predicted octanol–water partition coefficient (Wildman–Crippen LogP) is 12.0. The maximum Gasteiger partial charge on any atom is 0.163 e. The predicted molar refractivity (Wildman–Crippen MR) is 187 cm³/mol. The Labute approximate surface area is 264 Å². The molecule has 3 nitrogen and oxygen atoms in total. The van der Waals surface area contributed by atoms with Crippen molar-refractivity contribution in [2.24, 2.45) is 0 Å². The Morgan fingerprint density at radius 1 is 0.372 bits per heavy atom. The number of hydrogen-bond acceptors (Lipinski definition) is 3. The minimum absolute atomic E-state index is 0.802. The Morgan fingerprint density at radius 2 is 0.674 bits per heavy atom. The molecule has 0 unspecified atom stereocenters. The third kappa shape index (κ3) is 12.9. The zero-order chi connectivity index (χ0) is 30.7. The number of nitrogens with zero attached hydrogens (tertiary/aromatic N) is 3. The molecule has 0 saturated carbocycles. The van der Waals surface area contributed by atoms with Gasteiger partial charge in [0.15, 0.2) is 11.6 Å². The van der Waals surface area contributed by atoms with Crippen LogP contribution in [0.1, 0.15) is 159 Å². The highest BCUT2D eigenvalue weighted by atomic mass is 15.0. The van der Waals surface area contributed by atoms with Crippen molar-refractivity contribution < 1.29 is 0 Å². The van der Waals surface area contributed by atoms with Crippen LogP contribution in [-0.4, -0.2) is 15.0 Å². The Kier molecular flexibility index (Phi) is 16.6. The van der Waals surface area contributed by atoms with Gasteiger partial charge in [0, 0.05) is 11.1 Å². The van der Waals surface area contributed by atoms with Crippen LogP contribution in [0.3, 0.4) is 0 Å². The number of hydrogen-bond donors (Lipinski definition) is 0. The summed E-state index contributed by atoms with van der Waals surface area (Å²) in [5.41, 5.74) is 8.04. The Bertz CT molecular complexity index is 1050. The summed E-state index contributed by atoms with van der Waals surface area (Å²) in [5.74, 6) is 2.45. The van der Waals surface area contributed by atoms with Gasteiger partial charge in [-0.05, 0) is 105 Å². The van der Waals surface area contributed by atoms with Gasteiger partial charge in [0.05, 0.1) is 0 Å². The lowest BCUT2D eigenvalue weighted by molar-refractivity contribution is 0.661. The number of rotatable bonds is 22. The molecule has 0 aliphatic carbocycles. The molecule has 0 aliphatic heterocycles. The van der Waals surface area contributed by atoms with Crippen LogP contribution in [0.2, 0.25) is 0 Å². The van der Waals surface area contributed by atoms with Gasteiger partial charge in [-0.3, -0.25) is 0 Å². The van der Waals surface area contributed by atoms with Crippen molar-refractivity contribution in [1.82, 2.24) is 15.0 Å². The van der Waals surface area contributed by atoms with E-state index in [1.165, 1.54) is 125 Å². The monoisotopic (exact) mass is 583 g/mol. The van der Waals surface area contributed by atoms with Crippen LogP contribution in [0.15, 0.2) is 36.4 Å². The molecule has 0 bridgehead atoms. The molecule has 0 fully saturated rings. The van der Waals surface area contributed by atoms with Crippen LogP contribution >= 0.6 is 0 Å². The Morgan fingerprint density at radius 3 is 0.953 bits per heavy atom. The van der Waals surface area contributed by atoms with Crippen molar-refractivity contribution in [2.45, 2.75) is 163 Å². The maximum absolute atomic E-state index is 5.16. The molecule has 1 aromatic heterocycles. The third-order valence-electron chi connectivity index (χ3n) is 8.64. The number of aryl methyl sites for hydroxylation is 5. The summed E-state index contributed by atoms with van der Waals surface area (Å²) in [4.78, 5) is 14.9. The van der Waals surface area contributed by atoms with Crippen LogP contribution in [0, 0.1) is 6.92 Å². The van der Waals surface area contributed by atoms with Crippen molar-refractivity contribution in [3.63, 3.8) is 0 Å². The van der Waals surface area contributed by atoms with E-state index in [4.69, 9.17) is 15.0 Å².